The number of hydrogen-bond donors (Lipinski definition) is 0. The van der Waals surface area contributed by atoms with E-state index in [1.165, 1.54) is 0 Å². The highest BCUT2D eigenvalue weighted by Gasteiger charge is 2.06. The number of nitrogens with zero attached hydrogens (tertiary/aromatic N) is 2. The first-order chi connectivity index (χ1) is 6.24. The first-order valence-electron chi connectivity index (χ1n) is 4.33. The fourth-order valence-electron chi connectivity index (χ4n) is 0.958. The predicted octanol–water partition coefficient (Wildman–Crippen LogP) is 1.03. The smallest absolute Gasteiger partial charge is 0.191 e. The average molecular weight is 182 g/mol. The molecule has 0 aromatic carbocycles. The van der Waals surface area contributed by atoms with Crippen LogP contribution in [0.5, 0.6) is 0 Å². The molecule has 0 spiro atoms. The molecule has 0 saturated carbocycles. The highest BCUT2D eigenvalue weighted by Crippen LogP contribution is 1.98. The van der Waals surface area contributed by atoms with Crippen molar-refractivity contribution in [1.82, 2.24) is 9.78 Å². The molecule has 0 amide bonds. The van der Waals surface area contributed by atoms with Crippen molar-refractivity contribution < 1.29 is 9.53 Å². The van der Waals surface area contributed by atoms with E-state index in [9.17, 15) is 4.79 Å². The molecule has 13 heavy (non-hydrogen) atoms. The summed E-state index contributed by atoms with van der Waals surface area (Å²) in [5.41, 5.74) is 0.610. The summed E-state index contributed by atoms with van der Waals surface area (Å²) in [5.74, 6) is -0.0125. The maximum absolute atomic E-state index is 11.4. The second-order valence-corrected chi connectivity index (χ2v) is 2.88. The molecule has 4 heteroatoms. The van der Waals surface area contributed by atoms with Crippen molar-refractivity contribution >= 4 is 5.78 Å². The fourth-order valence-corrected chi connectivity index (χ4v) is 0.958. The molecule has 1 rings (SSSR count). The number of carbonyl (C=O) groups excluding carboxylic acids is 1. The minimum atomic E-state index is -0.0125. The molecule has 0 atom stereocenters. The normalized spacial score (nSPS) is 10.3. The molecule has 0 bridgehead atoms. The van der Waals surface area contributed by atoms with Gasteiger partial charge in [-0.25, -0.2) is 0 Å². The third kappa shape index (κ3) is 2.99. The van der Waals surface area contributed by atoms with Crippen molar-refractivity contribution in [3.05, 3.63) is 18.0 Å². The molecule has 72 valence electrons. The van der Waals surface area contributed by atoms with Crippen molar-refractivity contribution in [3.8, 4) is 0 Å². The molecule has 0 aliphatic heterocycles. The lowest BCUT2D eigenvalue weighted by Crippen LogP contribution is -2.08. The largest absolute Gasteiger partial charge is 0.373 e. The van der Waals surface area contributed by atoms with Gasteiger partial charge >= 0.3 is 0 Å². The molecule has 1 heterocycles. The van der Waals surface area contributed by atoms with Gasteiger partial charge in [0.25, 0.3) is 0 Å². The summed E-state index contributed by atoms with van der Waals surface area (Å²) in [5, 5.41) is 3.91. The van der Waals surface area contributed by atoms with Gasteiger partial charge in [-0.15, -0.1) is 0 Å². The number of ether oxygens (including phenoxy) is 1. The van der Waals surface area contributed by atoms with Gasteiger partial charge < -0.3 is 4.74 Å². The van der Waals surface area contributed by atoms with E-state index >= 15 is 0 Å². The van der Waals surface area contributed by atoms with Crippen LogP contribution in [0.3, 0.4) is 0 Å². The van der Waals surface area contributed by atoms with Gasteiger partial charge in [0.15, 0.2) is 5.78 Å². The van der Waals surface area contributed by atoms with Crippen LogP contribution in [0.4, 0.5) is 0 Å². The lowest BCUT2D eigenvalue weighted by Gasteiger charge is -1.98. The van der Waals surface area contributed by atoms with E-state index in [2.05, 4.69) is 5.10 Å². The molecule has 1 aromatic rings. The molecule has 0 aliphatic carbocycles. The fraction of sp³-hybridized carbons (Fsp3) is 0.556. The quantitative estimate of drug-likeness (QED) is 0.504. The monoisotopic (exact) mass is 182 g/mol. The van der Waals surface area contributed by atoms with Crippen molar-refractivity contribution in [2.24, 2.45) is 7.05 Å². The SMILES string of the molecule is CCCOCC(=O)c1cnn(C)c1. The van der Waals surface area contributed by atoms with Crippen molar-refractivity contribution in [2.45, 2.75) is 13.3 Å². The van der Waals surface area contributed by atoms with Crippen LogP contribution in [0.25, 0.3) is 0 Å². The predicted molar refractivity (Wildman–Crippen MR) is 48.6 cm³/mol. The molecule has 0 N–H and O–H groups in total. The number of aryl methyl sites for hydroxylation is 1. The highest BCUT2D eigenvalue weighted by atomic mass is 16.5. The Kier molecular flexibility index (Phi) is 3.64. The molecule has 0 unspecified atom stereocenters. The molecular weight excluding hydrogens is 168 g/mol. The second kappa shape index (κ2) is 4.77. The van der Waals surface area contributed by atoms with Gasteiger partial charge in [0.1, 0.15) is 6.61 Å². The van der Waals surface area contributed by atoms with Gasteiger partial charge in [-0.3, -0.25) is 9.48 Å². The van der Waals surface area contributed by atoms with Crippen LogP contribution in [0.2, 0.25) is 0 Å². The van der Waals surface area contributed by atoms with Crippen LogP contribution >= 0.6 is 0 Å². The van der Waals surface area contributed by atoms with E-state index in [-0.39, 0.29) is 12.4 Å². The van der Waals surface area contributed by atoms with Gasteiger partial charge in [-0.05, 0) is 6.42 Å². The third-order valence-electron chi connectivity index (χ3n) is 1.61. The molecule has 0 fully saturated rings. The Balaban J connectivity index is 2.40. The number of hydrogen-bond acceptors (Lipinski definition) is 3. The summed E-state index contributed by atoms with van der Waals surface area (Å²) in [4.78, 5) is 11.4. The minimum absolute atomic E-state index is 0.0125. The molecule has 0 saturated heterocycles. The van der Waals surface area contributed by atoms with E-state index in [0.29, 0.717) is 12.2 Å². The maximum Gasteiger partial charge on any atom is 0.191 e. The van der Waals surface area contributed by atoms with Gasteiger partial charge in [-0.2, -0.15) is 5.10 Å². The van der Waals surface area contributed by atoms with Gasteiger partial charge in [0, 0.05) is 19.9 Å². The number of ketones is 1. The average Bonchev–Trinajstić information content (AvgIpc) is 2.52. The van der Waals surface area contributed by atoms with Crippen LogP contribution in [0.15, 0.2) is 12.4 Å². The Bertz CT molecular complexity index is 281. The van der Waals surface area contributed by atoms with Crippen molar-refractivity contribution in [2.75, 3.05) is 13.2 Å². The van der Waals surface area contributed by atoms with E-state index in [4.69, 9.17) is 4.74 Å². The number of aromatic nitrogens is 2. The molecule has 0 aliphatic rings. The van der Waals surface area contributed by atoms with E-state index in [0.717, 1.165) is 6.42 Å². The highest BCUT2D eigenvalue weighted by molar-refractivity contribution is 5.96. The molecule has 0 radical (unpaired) electrons. The summed E-state index contributed by atoms with van der Waals surface area (Å²) in [6.07, 6.45) is 4.18. The van der Waals surface area contributed by atoms with Gasteiger partial charge in [0.2, 0.25) is 0 Å². The number of rotatable bonds is 5. The number of carbonyl (C=O) groups is 1. The van der Waals surface area contributed by atoms with Crippen LogP contribution in [0, 0.1) is 0 Å². The number of Topliss-reactive ketones (excluding diaryl/α,β-unsaturated/α-hetero) is 1. The topological polar surface area (TPSA) is 44.1 Å². The van der Waals surface area contributed by atoms with E-state index in [1.54, 1.807) is 24.1 Å². The second-order valence-electron chi connectivity index (χ2n) is 2.88. The lowest BCUT2D eigenvalue weighted by atomic mass is 10.2. The van der Waals surface area contributed by atoms with E-state index in [1.807, 2.05) is 6.92 Å². The third-order valence-corrected chi connectivity index (χ3v) is 1.61. The van der Waals surface area contributed by atoms with Crippen molar-refractivity contribution in [3.63, 3.8) is 0 Å². The zero-order valence-electron chi connectivity index (χ0n) is 7.99. The first-order valence-corrected chi connectivity index (χ1v) is 4.33. The van der Waals surface area contributed by atoms with Crippen LogP contribution in [0.1, 0.15) is 23.7 Å². The minimum Gasteiger partial charge on any atom is -0.373 e. The Hall–Kier alpha value is -1.16. The van der Waals surface area contributed by atoms with E-state index < -0.39 is 0 Å². The summed E-state index contributed by atoms with van der Waals surface area (Å²) < 4.78 is 6.73. The first kappa shape index (κ1) is 9.92. The molecule has 1 aromatic heterocycles. The van der Waals surface area contributed by atoms with Crippen LogP contribution < -0.4 is 0 Å². The van der Waals surface area contributed by atoms with Gasteiger partial charge in [-0.1, -0.05) is 6.92 Å². The van der Waals surface area contributed by atoms with Crippen LogP contribution in [-0.2, 0) is 11.8 Å². The Morgan fingerprint density at radius 1 is 1.69 bits per heavy atom. The zero-order chi connectivity index (χ0) is 9.68. The summed E-state index contributed by atoms with van der Waals surface area (Å²) in [6, 6.07) is 0. The van der Waals surface area contributed by atoms with Gasteiger partial charge in [0.05, 0.1) is 11.8 Å². The Morgan fingerprint density at radius 2 is 2.46 bits per heavy atom. The molecule has 4 nitrogen and oxygen atoms in total. The van der Waals surface area contributed by atoms with Crippen molar-refractivity contribution in [1.29, 1.82) is 0 Å². The standard InChI is InChI=1S/C9H14N2O2/c1-3-4-13-7-9(12)8-5-10-11(2)6-8/h5-6H,3-4,7H2,1-2H3. The Labute approximate surface area is 77.5 Å². The summed E-state index contributed by atoms with van der Waals surface area (Å²) >= 11 is 0. The zero-order valence-corrected chi connectivity index (χ0v) is 7.99. The summed E-state index contributed by atoms with van der Waals surface area (Å²) in [7, 11) is 1.78. The maximum atomic E-state index is 11.4. The Morgan fingerprint density at radius 3 is 3.00 bits per heavy atom. The summed E-state index contributed by atoms with van der Waals surface area (Å²) in [6.45, 7) is 2.79. The molecular formula is C9H14N2O2. The lowest BCUT2D eigenvalue weighted by molar-refractivity contribution is 0.0761. The van der Waals surface area contributed by atoms with Crippen LogP contribution in [-0.4, -0.2) is 28.8 Å².